The average molecular weight is 269 g/mol. The fourth-order valence-electron chi connectivity index (χ4n) is 2.09. The van der Waals surface area contributed by atoms with Gasteiger partial charge in [0.05, 0.1) is 6.04 Å². The van der Waals surface area contributed by atoms with Gasteiger partial charge in [-0.15, -0.1) is 0 Å². The second-order valence-electron chi connectivity index (χ2n) is 4.78. The maximum atomic E-state index is 12.0. The average Bonchev–Trinajstić information content (AvgIpc) is 2.27. The van der Waals surface area contributed by atoms with E-state index in [4.69, 9.17) is 11.6 Å². The summed E-state index contributed by atoms with van der Waals surface area (Å²) in [6, 6.07) is 1.48. The first-order valence-corrected chi connectivity index (χ1v) is 6.48. The van der Waals surface area contributed by atoms with E-state index in [2.05, 4.69) is 27.5 Å². The lowest BCUT2D eigenvalue weighted by Gasteiger charge is -2.26. The van der Waals surface area contributed by atoms with E-state index in [1.807, 2.05) is 6.92 Å². The van der Waals surface area contributed by atoms with Crippen molar-refractivity contribution in [1.29, 1.82) is 0 Å². The largest absolute Gasteiger partial charge is 0.306 e. The summed E-state index contributed by atoms with van der Waals surface area (Å²) < 4.78 is 0. The Hall–Kier alpha value is -1.20. The highest BCUT2D eigenvalue weighted by atomic mass is 35.5. The smallest absolute Gasteiger partial charge is 0.243 e. The normalized spacial score (nSPS) is 23.7. The SMILES string of the molecule is Cc1cc(Cl)nc(NC(=O)C2CC(C)CCN2)n1. The third-order valence-electron chi connectivity index (χ3n) is 3.04. The highest BCUT2D eigenvalue weighted by Gasteiger charge is 2.25. The lowest BCUT2D eigenvalue weighted by Crippen LogP contribution is -2.45. The van der Waals surface area contributed by atoms with Crippen LogP contribution in [0.3, 0.4) is 0 Å². The van der Waals surface area contributed by atoms with Crippen LogP contribution in [0, 0.1) is 12.8 Å². The van der Waals surface area contributed by atoms with E-state index < -0.39 is 0 Å². The molecule has 1 fully saturated rings. The number of hydrogen-bond donors (Lipinski definition) is 2. The van der Waals surface area contributed by atoms with E-state index in [9.17, 15) is 4.79 Å². The maximum absolute atomic E-state index is 12.0. The zero-order valence-electron chi connectivity index (χ0n) is 10.5. The maximum Gasteiger partial charge on any atom is 0.243 e. The molecule has 18 heavy (non-hydrogen) atoms. The van der Waals surface area contributed by atoms with Crippen molar-refractivity contribution < 1.29 is 4.79 Å². The van der Waals surface area contributed by atoms with E-state index in [1.165, 1.54) is 0 Å². The summed E-state index contributed by atoms with van der Waals surface area (Å²) in [6.07, 6.45) is 1.95. The van der Waals surface area contributed by atoms with E-state index in [-0.39, 0.29) is 17.9 Å². The molecule has 1 aliphatic heterocycles. The summed E-state index contributed by atoms with van der Waals surface area (Å²) in [4.78, 5) is 20.2. The Balaban J connectivity index is 2.02. The molecule has 0 aliphatic carbocycles. The molecule has 2 atom stereocenters. The molecule has 0 saturated carbocycles. The molecule has 1 amide bonds. The molecule has 1 aromatic rings. The van der Waals surface area contributed by atoms with Crippen molar-refractivity contribution in [3.8, 4) is 0 Å². The number of nitrogens with zero attached hydrogens (tertiary/aromatic N) is 2. The molecule has 1 aromatic heterocycles. The molecule has 0 bridgehead atoms. The van der Waals surface area contributed by atoms with Crippen molar-refractivity contribution >= 4 is 23.5 Å². The number of aryl methyl sites for hydroxylation is 1. The van der Waals surface area contributed by atoms with Gasteiger partial charge in [0.2, 0.25) is 11.9 Å². The van der Waals surface area contributed by atoms with Gasteiger partial charge < -0.3 is 5.32 Å². The first-order valence-electron chi connectivity index (χ1n) is 6.10. The first-order chi connectivity index (χ1) is 8.54. The predicted octanol–water partition coefficient (Wildman–Crippen LogP) is 1.77. The highest BCUT2D eigenvalue weighted by molar-refractivity contribution is 6.29. The van der Waals surface area contributed by atoms with Gasteiger partial charge in [-0.2, -0.15) is 0 Å². The Labute approximate surface area is 111 Å². The number of anilines is 1. The monoisotopic (exact) mass is 268 g/mol. The van der Waals surface area contributed by atoms with Gasteiger partial charge in [0, 0.05) is 5.69 Å². The Bertz CT molecular complexity index is 431. The standard InChI is InChI=1S/C12H17ClN4O/c1-7-3-4-14-9(5-7)11(18)17-12-15-8(2)6-10(13)16-12/h6-7,9,14H,3-5H2,1-2H3,(H,15,16,17,18). The van der Waals surface area contributed by atoms with Crippen LogP contribution in [0.2, 0.25) is 5.15 Å². The quantitative estimate of drug-likeness (QED) is 0.802. The molecule has 0 aromatic carbocycles. The van der Waals surface area contributed by atoms with Gasteiger partial charge in [0.25, 0.3) is 0 Å². The number of carbonyl (C=O) groups excluding carboxylic acids is 1. The molecule has 98 valence electrons. The van der Waals surface area contributed by atoms with Crippen LogP contribution >= 0.6 is 11.6 Å². The van der Waals surface area contributed by atoms with E-state index >= 15 is 0 Å². The van der Waals surface area contributed by atoms with Crippen LogP contribution in [0.25, 0.3) is 0 Å². The second kappa shape index (κ2) is 5.63. The van der Waals surface area contributed by atoms with Crippen molar-refractivity contribution in [2.45, 2.75) is 32.7 Å². The van der Waals surface area contributed by atoms with Crippen LogP contribution in [-0.4, -0.2) is 28.5 Å². The summed E-state index contributed by atoms with van der Waals surface area (Å²) >= 11 is 5.82. The minimum Gasteiger partial charge on any atom is -0.306 e. The summed E-state index contributed by atoms with van der Waals surface area (Å²) in [7, 11) is 0. The van der Waals surface area contributed by atoms with Gasteiger partial charge in [-0.1, -0.05) is 18.5 Å². The molecule has 5 nitrogen and oxygen atoms in total. The van der Waals surface area contributed by atoms with Gasteiger partial charge in [0.15, 0.2) is 0 Å². The highest BCUT2D eigenvalue weighted by Crippen LogP contribution is 2.16. The number of amides is 1. The number of piperidine rings is 1. The van der Waals surface area contributed by atoms with Crippen molar-refractivity contribution in [3.63, 3.8) is 0 Å². The number of aromatic nitrogens is 2. The van der Waals surface area contributed by atoms with Gasteiger partial charge >= 0.3 is 0 Å². The van der Waals surface area contributed by atoms with Gasteiger partial charge in [-0.3, -0.25) is 10.1 Å². The minimum absolute atomic E-state index is 0.0942. The predicted molar refractivity (Wildman–Crippen MR) is 70.6 cm³/mol. The third kappa shape index (κ3) is 3.40. The topological polar surface area (TPSA) is 66.9 Å². The molecule has 2 N–H and O–H groups in total. The Morgan fingerprint density at radius 2 is 2.33 bits per heavy atom. The van der Waals surface area contributed by atoms with E-state index in [1.54, 1.807) is 6.07 Å². The van der Waals surface area contributed by atoms with Gasteiger partial charge in [-0.25, -0.2) is 9.97 Å². The number of hydrogen-bond acceptors (Lipinski definition) is 4. The molecule has 2 heterocycles. The minimum atomic E-state index is -0.170. The Morgan fingerprint density at radius 1 is 1.56 bits per heavy atom. The molecule has 0 radical (unpaired) electrons. The first kappa shape index (κ1) is 13.2. The van der Waals surface area contributed by atoms with Crippen molar-refractivity contribution in [2.75, 3.05) is 11.9 Å². The second-order valence-corrected chi connectivity index (χ2v) is 5.17. The Kier molecular flexibility index (Phi) is 4.14. The van der Waals surface area contributed by atoms with Gasteiger partial charge in [0.1, 0.15) is 5.15 Å². The van der Waals surface area contributed by atoms with Crippen LogP contribution in [0.5, 0.6) is 0 Å². The summed E-state index contributed by atoms with van der Waals surface area (Å²) in [6.45, 7) is 4.83. The number of carbonyl (C=O) groups is 1. The lowest BCUT2D eigenvalue weighted by atomic mass is 9.94. The summed E-state index contributed by atoms with van der Waals surface area (Å²) in [5, 5.41) is 6.24. The van der Waals surface area contributed by atoms with Crippen molar-refractivity contribution in [3.05, 3.63) is 16.9 Å². The third-order valence-corrected chi connectivity index (χ3v) is 3.23. The number of nitrogens with one attached hydrogen (secondary N) is 2. The summed E-state index contributed by atoms with van der Waals surface area (Å²) in [5.41, 5.74) is 0.732. The zero-order valence-corrected chi connectivity index (χ0v) is 11.3. The van der Waals surface area contributed by atoms with Crippen molar-refractivity contribution in [2.24, 2.45) is 5.92 Å². The van der Waals surface area contributed by atoms with E-state index in [0.29, 0.717) is 11.1 Å². The molecule has 2 rings (SSSR count). The van der Waals surface area contributed by atoms with Crippen LogP contribution in [0.15, 0.2) is 6.07 Å². The van der Waals surface area contributed by atoms with E-state index in [0.717, 1.165) is 25.1 Å². The molecular formula is C12H17ClN4O. The lowest BCUT2D eigenvalue weighted by molar-refractivity contribution is -0.119. The fourth-order valence-corrected chi connectivity index (χ4v) is 2.33. The molecule has 1 aliphatic rings. The van der Waals surface area contributed by atoms with Gasteiger partial charge in [-0.05, 0) is 38.3 Å². The molecule has 1 saturated heterocycles. The van der Waals surface area contributed by atoms with Crippen LogP contribution in [0.4, 0.5) is 5.95 Å². The molecule has 6 heteroatoms. The number of rotatable bonds is 2. The van der Waals surface area contributed by atoms with Crippen LogP contribution in [-0.2, 0) is 4.79 Å². The summed E-state index contributed by atoms with van der Waals surface area (Å²) in [5.74, 6) is 0.734. The molecular weight excluding hydrogens is 252 g/mol. The Morgan fingerprint density at radius 3 is 3.00 bits per heavy atom. The molecule has 0 spiro atoms. The van der Waals surface area contributed by atoms with Crippen molar-refractivity contribution in [1.82, 2.24) is 15.3 Å². The van der Waals surface area contributed by atoms with Crippen LogP contribution < -0.4 is 10.6 Å². The number of halogens is 1. The van der Waals surface area contributed by atoms with Crippen LogP contribution in [0.1, 0.15) is 25.5 Å². The zero-order chi connectivity index (χ0) is 13.1. The fraction of sp³-hybridized carbons (Fsp3) is 0.583. The molecule has 2 unspecified atom stereocenters.